The van der Waals surface area contributed by atoms with Crippen LogP contribution < -0.4 is 10.1 Å². The zero-order valence-corrected chi connectivity index (χ0v) is 29.3. The lowest BCUT2D eigenvalue weighted by Crippen LogP contribution is -2.49. The highest BCUT2D eigenvalue weighted by Gasteiger charge is 2.53. The molecule has 2 atom stereocenters. The molecule has 0 saturated carbocycles. The molecule has 0 bridgehead atoms. The van der Waals surface area contributed by atoms with E-state index in [1.165, 1.54) is 24.3 Å². The maximum absolute atomic E-state index is 14.3. The van der Waals surface area contributed by atoms with Crippen molar-refractivity contribution in [3.8, 4) is 5.75 Å². The summed E-state index contributed by atoms with van der Waals surface area (Å²) in [6, 6.07) is 28.8. The number of ether oxygens (including phenoxy) is 2. The smallest absolute Gasteiger partial charge is 0.252 e. The fourth-order valence-corrected chi connectivity index (χ4v) is 7.67. The van der Waals surface area contributed by atoms with E-state index in [2.05, 4.69) is 21.2 Å². The number of hydrogen-bond acceptors (Lipinski definition) is 8. The van der Waals surface area contributed by atoms with Gasteiger partial charge in [-0.3, -0.25) is 4.79 Å². The highest BCUT2D eigenvalue weighted by Crippen LogP contribution is 2.43. The van der Waals surface area contributed by atoms with Gasteiger partial charge in [-0.1, -0.05) is 58.4 Å². The summed E-state index contributed by atoms with van der Waals surface area (Å²) in [5, 5.41) is 12.1. The summed E-state index contributed by atoms with van der Waals surface area (Å²) in [5.74, 6) is 0.948. The van der Waals surface area contributed by atoms with Crippen LogP contribution in [0.5, 0.6) is 5.75 Å². The summed E-state index contributed by atoms with van der Waals surface area (Å²) in [4.78, 5) is 19.4. The number of carbonyl (C=O) groups excluding carboxylic acids is 1. The number of carbonyl (C=O) groups is 1. The first-order chi connectivity index (χ1) is 23.2. The van der Waals surface area contributed by atoms with E-state index in [-0.39, 0.29) is 35.4 Å². The Bertz CT molecular complexity index is 1790. The van der Waals surface area contributed by atoms with Gasteiger partial charge in [0.15, 0.2) is 21.5 Å². The Kier molecular flexibility index (Phi) is 12.3. The minimum atomic E-state index is -3.77. The Hall–Kier alpha value is -3.71. The lowest BCUT2D eigenvalue weighted by Gasteiger charge is -2.30. The van der Waals surface area contributed by atoms with Crippen LogP contribution in [0.4, 0.5) is 4.39 Å². The quantitative estimate of drug-likeness (QED) is 0.125. The number of benzene rings is 4. The molecule has 0 aliphatic carbocycles. The third-order valence-corrected chi connectivity index (χ3v) is 11.1. The van der Waals surface area contributed by atoms with Crippen molar-refractivity contribution in [3.05, 3.63) is 130 Å². The number of hydrogen-bond donors (Lipinski definition) is 2. The van der Waals surface area contributed by atoms with Crippen LogP contribution in [-0.4, -0.2) is 62.1 Å². The van der Waals surface area contributed by atoms with Gasteiger partial charge < -0.3 is 19.9 Å². The molecule has 12 heteroatoms. The van der Waals surface area contributed by atoms with Gasteiger partial charge in [-0.15, -0.1) is 0 Å². The number of aliphatic hydroxyl groups is 1. The first kappa shape index (κ1) is 35.6. The van der Waals surface area contributed by atoms with Gasteiger partial charge in [-0.25, -0.2) is 17.8 Å². The van der Waals surface area contributed by atoms with Crippen LogP contribution in [0.25, 0.3) is 0 Å². The van der Waals surface area contributed by atoms with Crippen LogP contribution in [0, 0.1) is 5.82 Å². The third kappa shape index (κ3) is 9.04. The van der Waals surface area contributed by atoms with Gasteiger partial charge in [-0.2, -0.15) is 11.8 Å². The van der Waals surface area contributed by atoms with Gasteiger partial charge in [0.2, 0.25) is 5.90 Å². The molecule has 0 saturated heterocycles. The second-order valence-electron chi connectivity index (χ2n) is 11.2. The Labute approximate surface area is 292 Å². The number of rotatable bonds is 16. The molecule has 0 fully saturated rings. The van der Waals surface area contributed by atoms with Crippen molar-refractivity contribution in [3.63, 3.8) is 0 Å². The number of nitrogens with zero attached hydrogens (tertiary/aromatic N) is 1. The fraction of sp³-hybridized carbons (Fsp3) is 0.278. The van der Waals surface area contributed by atoms with Crippen LogP contribution in [0.15, 0.2) is 117 Å². The van der Waals surface area contributed by atoms with Gasteiger partial charge >= 0.3 is 0 Å². The maximum atomic E-state index is 14.3. The molecule has 1 aliphatic heterocycles. The number of amides is 1. The normalized spacial score (nSPS) is 17.4. The second-order valence-corrected chi connectivity index (χ2v) is 15.3. The molecule has 2 N–H and O–H groups in total. The topological polar surface area (TPSA) is 114 Å². The number of thioether (sulfide) groups is 1. The molecule has 1 amide bonds. The Morgan fingerprint density at radius 1 is 1.00 bits per heavy atom. The molecule has 0 radical (unpaired) electrons. The minimum absolute atomic E-state index is 0.0251. The average molecular weight is 756 g/mol. The van der Waals surface area contributed by atoms with Crippen LogP contribution in [0.2, 0.25) is 0 Å². The Morgan fingerprint density at radius 2 is 1.71 bits per heavy atom. The van der Waals surface area contributed by atoms with Crippen molar-refractivity contribution in [1.29, 1.82) is 0 Å². The maximum Gasteiger partial charge on any atom is 0.252 e. The van der Waals surface area contributed by atoms with E-state index in [9.17, 15) is 17.6 Å². The molecule has 5 rings (SSSR count). The van der Waals surface area contributed by atoms with Crippen LogP contribution in [-0.2, 0) is 25.1 Å². The predicted octanol–water partition coefficient (Wildman–Crippen LogP) is 6.52. The van der Waals surface area contributed by atoms with E-state index in [0.29, 0.717) is 48.0 Å². The molecule has 48 heavy (non-hydrogen) atoms. The molecule has 0 aromatic heterocycles. The molecule has 1 heterocycles. The molecule has 252 valence electrons. The Balaban J connectivity index is 1.44. The number of sulfone groups is 1. The molecule has 0 spiro atoms. The molecule has 4 aromatic rings. The Morgan fingerprint density at radius 3 is 2.40 bits per heavy atom. The first-order valence-electron chi connectivity index (χ1n) is 15.4. The average Bonchev–Trinajstić information content (AvgIpc) is 3.50. The van der Waals surface area contributed by atoms with E-state index in [1.54, 1.807) is 66.4 Å². The SMILES string of the molecule is O=C(NCCSCc1ccc(F)cc1)[C@]1(CCS(=O)(=O)c2ccccc2)N=C(c2ccc(OCCCO)cc2)O[C@@H]1c1ccc(Br)cc1. The molecular weight excluding hydrogens is 719 g/mol. The summed E-state index contributed by atoms with van der Waals surface area (Å²) in [6.07, 6.45) is -0.551. The van der Waals surface area contributed by atoms with Gasteiger partial charge in [0, 0.05) is 47.5 Å². The zero-order chi connectivity index (χ0) is 34.0. The van der Waals surface area contributed by atoms with Gasteiger partial charge in [0.05, 0.1) is 17.3 Å². The monoisotopic (exact) mass is 754 g/mol. The van der Waals surface area contributed by atoms with Crippen molar-refractivity contribution >= 4 is 49.3 Å². The van der Waals surface area contributed by atoms with Crippen LogP contribution in [0.1, 0.15) is 35.6 Å². The minimum Gasteiger partial charge on any atom is -0.494 e. The zero-order valence-electron chi connectivity index (χ0n) is 26.1. The largest absolute Gasteiger partial charge is 0.494 e. The number of aliphatic imine (C=N–C) groups is 1. The number of aliphatic hydroxyl groups excluding tert-OH is 1. The summed E-state index contributed by atoms with van der Waals surface area (Å²) in [7, 11) is -3.77. The van der Waals surface area contributed by atoms with Crippen molar-refractivity contribution < 1.29 is 32.2 Å². The number of halogens is 2. The van der Waals surface area contributed by atoms with Crippen LogP contribution >= 0.6 is 27.7 Å². The fourth-order valence-electron chi connectivity index (χ4n) is 5.20. The summed E-state index contributed by atoms with van der Waals surface area (Å²) < 4.78 is 53.3. The van der Waals surface area contributed by atoms with E-state index in [4.69, 9.17) is 19.6 Å². The van der Waals surface area contributed by atoms with E-state index in [0.717, 1.165) is 10.0 Å². The van der Waals surface area contributed by atoms with E-state index in [1.807, 2.05) is 24.3 Å². The van der Waals surface area contributed by atoms with Gasteiger partial charge in [0.25, 0.3) is 5.91 Å². The molecule has 8 nitrogen and oxygen atoms in total. The molecule has 1 aliphatic rings. The molecule has 0 unspecified atom stereocenters. The van der Waals surface area contributed by atoms with Crippen LogP contribution in [0.3, 0.4) is 0 Å². The van der Waals surface area contributed by atoms with Crippen molar-refractivity contribution in [2.75, 3.05) is 31.3 Å². The van der Waals surface area contributed by atoms with Gasteiger partial charge in [0.1, 0.15) is 11.6 Å². The van der Waals surface area contributed by atoms with Gasteiger partial charge in [-0.05, 0) is 71.8 Å². The number of nitrogens with one attached hydrogen (secondary N) is 1. The first-order valence-corrected chi connectivity index (χ1v) is 19.0. The second kappa shape index (κ2) is 16.6. The van der Waals surface area contributed by atoms with Crippen molar-refractivity contribution in [1.82, 2.24) is 5.32 Å². The lowest BCUT2D eigenvalue weighted by atomic mass is 9.85. The van der Waals surface area contributed by atoms with Crippen molar-refractivity contribution in [2.45, 2.75) is 35.1 Å². The predicted molar refractivity (Wildman–Crippen MR) is 190 cm³/mol. The van der Waals surface area contributed by atoms with E-state index < -0.39 is 27.4 Å². The highest BCUT2D eigenvalue weighted by atomic mass is 79.9. The third-order valence-electron chi connectivity index (χ3n) is 7.77. The summed E-state index contributed by atoms with van der Waals surface area (Å²) in [5.41, 5.74) is 0.623. The highest BCUT2D eigenvalue weighted by molar-refractivity contribution is 9.10. The molecule has 4 aromatic carbocycles. The van der Waals surface area contributed by atoms with Crippen molar-refractivity contribution in [2.24, 2.45) is 4.99 Å². The lowest BCUT2D eigenvalue weighted by molar-refractivity contribution is -0.128. The summed E-state index contributed by atoms with van der Waals surface area (Å²) >= 11 is 5.05. The standard InChI is InChI=1S/C36H36BrFN2O6S2/c37-29-13-9-27(10-14-29)33-36(19-24-48(43,44)32-5-2-1-3-6-32,35(42)39-20-23-47-25-26-7-15-30(38)16-8-26)40-34(46-33)28-11-17-31(18-12-28)45-22-4-21-41/h1-3,5-18,33,41H,4,19-25H2,(H,39,42)/t33-,36-/m1/s1. The molecular formula is C36H36BrFN2O6S2. The summed E-state index contributed by atoms with van der Waals surface area (Å²) in [6.45, 7) is 0.688. The van der Waals surface area contributed by atoms with E-state index >= 15 is 0 Å².